The smallest absolute Gasteiger partial charge is 0.243 e. The summed E-state index contributed by atoms with van der Waals surface area (Å²) in [6.07, 6.45) is 1.71. The lowest BCUT2D eigenvalue weighted by molar-refractivity contribution is -0.127. The number of hydrogen-bond donors (Lipinski definition) is 2. The second-order valence-corrected chi connectivity index (χ2v) is 8.03. The minimum Gasteiger partial charge on any atom is -0.493 e. The first-order chi connectivity index (χ1) is 15.5. The fourth-order valence-electron chi connectivity index (χ4n) is 3.46. The molecule has 33 heavy (non-hydrogen) atoms. The van der Waals surface area contributed by atoms with E-state index < -0.39 is 0 Å². The molecular formula is C25H35IN4O3. The Labute approximate surface area is 214 Å². The molecule has 7 nitrogen and oxygen atoms in total. The van der Waals surface area contributed by atoms with Crippen LogP contribution in [-0.4, -0.2) is 57.2 Å². The number of hydrogen-bond acceptors (Lipinski definition) is 4. The summed E-state index contributed by atoms with van der Waals surface area (Å²) in [5.41, 5.74) is 2.27. The summed E-state index contributed by atoms with van der Waals surface area (Å²) in [4.78, 5) is 18.1. The number of nitrogens with one attached hydrogen (secondary N) is 2. The van der Waals surface area contributed by atoms with Gasteiger partial charge in [-0.3, -0.25) is 4.79 Å². The molecule has 180 valence electrons. The van der Waals surface area contributed by atoms with Crippen molar-refractivity contribution in [2.45, 2.75) is 31.9 Å². The van der Waals surface area contributed by atoms with Crippen molar-refractivity contribution in [3.05, 3.63) is 65.7 Å². The van der Waals surface area contributed by atoms with E-state index in [1.54, 1.807) is 19.0 Å². The maximum atomic E-state index is 12.0. The average Bonchev–Trinajstić information content (AvgIpc) is 2.82. The van der Waals surface area contributed by atoms with Gasteiger partial charge in [0.2, 0.25) is 5.91 Å². The molecule has 0 saturated heterocycles. The number of guanidine groups is 1. The van der Waals surface area contributed by atoms with Crippen LogP contribution >= 0.6 is 24.0 Å². The number of para-hydroxylation sites is 1. The van der Waals surface area contributed by atoms with E-state index in [1.165, 1.54) is 5.56 Å². The van der Waals surface area contributed by atoms with E-state index in [-0.39, 0.29) is 48.6 Å². The number of benzene rings is 2. The van der Waals surface area contributed by atoms with Gasteiger partial charge >= 0.3 is 0 Å². The second kappa shape index (κ2) is 14.0. The Balaban J connectivity index is 0.00000385. The average molecular weight is 566 g/mol. The first-order valence-corrected chi connectivity index (χ1v) is 11.2. The normalized spacial score (nSPS) is 16.0. The zero-order chi connectivity index (χ0) is 22.8. The van der Waals surface area contributed by atoms with Crippen LogP contribution in [0.1, 0.15) is 43.0 Å². The Hall–Kier alpha value is -2.33. The van der Waals surface area contributed by atoms with E-state index in [2.05, 4.69) is 40.7 Å². The van der Waals surface area contributed by atoms with E-state index in [9.17, 15) is 4.79 Å². The number of aliphatic imine (C=N–C) groups is 1. The zero-order valence-electron chi connectivity index (χ0n) is 19.6. The minimum absolute atomic E-state index is 0. The predicted molar refractivity (Wildman–Crippen MR) is 142 cm³/mol. The molecule has 2 N–H and O–H groups in total. The number of carbonyl (C=O) groups excluding carboxylic acids is 1. The number of fused-ring (bicyclic) bond motifs is 1. The van der Waals surface area contributed by atoms with Crippen LogP contribution in [0.5, 0.6) is 5.75 Å². The van der Waals surface area contributed by atoms with Gasteiger partial charge in [-0.25, -0.2) is 4.99 Å². The topological polar surface area (TPSA) is 75.2 Å². The van der Waals surface area contributed by atoms with Gasteiger partial charge in [0, 0.05) is 39.2 Å². The Morgan fingerprint density at radius 1 is 1.18 bits per heavy atom. The monoisotopic (exact) mass is 566 g/mol. The van der Waals surface area contributed by atoms with Crippen molar-refractivity contribution in [2.75, 3.05) is 40.4 Å². The zero-order valence-corrected chi connectivity index (χ0v) is 22.0. The van der Waals surface area contributed by atoms with Crippen molar-refractivity contribution >= 4 is 35.8 Å². The number of rotatable bonds is 9. The summed E-state index contributed by atoms with van der Waals surface area (Å²) in [6, 6.07) is 18.3. The third-order valence-electron chi connectivity index (χ3n) is 5.39. The molecule has 2 aromatic carbocycles. The lowest BCUT2D eigenvalue weighted by atomic mass is 10.0. The van der Waals surface area contributed by atoms with Gasteiger partial charge in [0.25, 0.3) is 0 Å². The fourth-order valence-corrected chi connectivity index (χ4v) is 3.46. The summed E-state index contributed by atoms with van der Waals surface area (Å²) in [6.45, 7) is 4.12. The molecule has 0 bridgehead atoms. The summed E-state index contributed by atoms with van der Waals surface area (Å²) in [7, 11) is 3.47. The van der Waals surface area contributed by atoms with Crippen LogP contribution in [0.3, 0.4) is 0 Å². The third-order valence-corrected chi connectivity index (χ3v) is 5.39. The van der Waals surface area contributed by atoms with Gasteiger partial charge in [0.05, 0.1) is 18.8 Å². The Kier molecular flexibility index (Phi) is 11.5. The van der Waals surface area contributed by atoms with Crippen LogP contribution in [0.2, 0.25) is 0 Å². The summed E-state index contributed by atoms with van der Waals surface area (Å²) in [5, 5.41) is 6.83. The molecule has 0 aromatic heterocycles. The van der Waals surface area contributed by atoms with Gasteiger partial charge in [0.1, 0.15) is 12.3 Å². The highest BCUT2D eigenvalue weighted by molar-refractivity contribution is 14.0. The summed E-state index contributed by atoms with van der Waals surface area (Å²) in [5.74, 6) is 1.47. The van der Waals surface area contributed by atoms with Gasteiger partial charge in [-0.1, -0.05) is 48.5 Å². The standard InChI is InChI=1S/C25H34N4O3.HI/c1-19(20-10-5-4-6-11-20)31-16-9-15-26-25(27-18-24(30)29(2)3)28-22-14-17-32-23-13-8-7-12-21(22)23;/h4-8,10-13,19,22H,9,14-18H2,1-3H3,(H2,26,27,28);1H. The van der Waals surface area contributed by atoms with E-state index >= 15 is 0 Å². The number of amides is 1. The van der Waals surface area contributed by atoms with Gasteiger partial charge in [-0.05, 0) is 25.0 Å². The minimum atomic E-state index is -0.0431. The van der Waals surface area contributed by atoms with Crippen molar-refractivity contribution in [2.24, 2.45) is 4.99 Å². The van der Waals surface area contributed by atoms with E-state index in [4.69, 9.17) is 9.47 Å². The van der Waals surface area contributed by atoms with Gasteiger partial charge < -0.3 is 25.0 Å². The number of ether oxygens (including phenoxy) is 2. The van der Waals surface area contributed by atoms with Crippen LogP contribution in [0, 0.1) is 0 Å². The Morgan fingerprint density at radius 2 is 1.91 bits per heavy atom. The molecular weight excluding hydrogens is 531 g/mol. The van der Waals surface area contributed by atoms with Crippen LogP contribution in [-0.2, 0) is 9.53 Å². The molecule has 0 fully saturated rings. The molecule has 2 aromatic rings. The molecule has 0 saturated carbocycles. The molecule has 0 aliphatic carbocycles. The van der Waals surface area contributed by atoms with Crippen molar-refractivity contribution in [1.29, 1.82) is 0 Å². The highest BCUT2D eigenvalue weighted by Gasteiger charge is 2.22. The van der Waals surface area contributed by atoms with Crippen molar-refractivity contribution in [1.82, 2.24) is 15.5 Å². The maximum absolute atomic E-state index is 12.0. The Morgan fingerprint density at radius 3 is 2.67 bits per heavy atom. The first-order valence-electron chi connectivity index (χ1n) is 11.2. The molecule has 3 rings (SSSR count). The molecule has 0 radical (unpaired) electrons. The van der Waals surface area contributed by atoms with Gasteiger partial charge in [-0.2, -0.15) is 0 Å². The van der Waals surface area contributed by atoms with Crippen molar-refractivity contribution < 1.29 is 14.3 Å². The molecule has 1 amide bonds. The number of nitrogens with zero attached hydrogens (tertiary/aromatic N) is 2. The molecule has 1 aliphatic rings. The van der Waals surface area contributed by atoms with Crippen LogP contribution in [0.15, 0.2) is 59.6 Å². The Bertz CT molecular complexity index is 892. The molecule has 1 heterocycles. The molecule has 1 aliphatic heterocycles. The highest BCUT2D eigenvalue weighted by atomic mass is 127. The maximum Gasteiger partial charge on any atom is 0.243 e. The van der Waals surface area contributed by atoms with Crippen LogP contribution in [0.25, 0.3) is 0 Å². The SMILES string of the molecule is CC(OCCCNC(=NCC(=O)N(C)C)NC1CCOc2ccccc21)c1ccccc1.I. The summed E-state index contributed by atoms with van der Waals surface area (Å²) < 4.78 is 11.7. The largest absolute Gasteiger partial charge is 0.493 e. The number of likely N-dealkylation sites (N-methyl/N-ethyl adjacent to an activating group) is 1. The molecule has 2 unspecified atom stereocenters. The van der Waals surface area contributed by atoms with Crippen LogP contribution < -0.4 is 15.4 Å². The van der Waals surface area contributed by atoms with Crippen LogP contribution in [0.4, 0.5) is 0 Å². The van der Waals surface area contributed by atoms with E-state index in [0.717, 1.165) is 24.2 Å². The fraction of sp³-hybridized carbons (Fsp3) is 0.440. The predicted octanol–water partition coefficient (Wildman–Crippen LogP) is 3.92. The molecule has 0 spiro atoms. The number of halogens is 1. The van der Waals surface area contributed by atoms with Gasteiger partial charge in [-0.15, -0.1) is 24.0 Å². The second-order valence-electron chi connectivity index (χ2n) is 8.03. The lowest BCUT2D eigenvalue weighted by Crippen LogP contribution is -2.42. The molecule has 8 heteroatoms. The highest BCUT2D eigenvalue weighted by Crippen LogP contribution is 2.31. The van der Waals surface area contributed by atoms with Gasteiger partial charge in [0.15, 0.2) is 5.96 Å². The quantitative estimate of drug-likeness (QED) is 0.208. The van der Waals surface area contributed by atoms with E-state index in [1.807, 2.05) is 36.4 Å². The van der Waals surface area contributed by atoms with Crippen molar-refractivity contribution in [3.63, 3.8) is 0 Å². The van der Waals surface area contributed by atoms with E-state index in [0.29, 0.717) is 25.7 Å². The first kappa shape index (κ1) is 26.9. The summed E-state index contributed by atoms with van der Waals surface area (Å²) >= 11 is 0. The number of carbonyl (C=O) groups is 1. The lowest BCUT2D eigenvalue weighted by Gasteiger charge is -2.28. The van der Waals surface area contributed by atoms with Crippen molar-refractivity contribution in [3.8, 4) is 5.75 Å². The third kappa shape index (κ3) is 8.51. The molecule has 2 atom stereocenters.